The molecular formula is C7H14FNO2. The molecule has 0 rings (SSSR count). The van der Waals surface area contributed by atoms with Gasteiger partial charge in [-0.1, -0.05) is 6.58 Å². The fourth-order valence-electron chi connectivity index (χ4n) is 0.764. The molecule has 66 valence electrons. The van der Waals surface area contributed by atoms with E-state index in [4.69, 9.17) is 10.2 Å². The van der Waals surface area contributed by atoms with Crippen molar-refractivity contribution in [2.24, 2.45) is 0 Å². The molecule has 0 aliphatic rings. The summed E-state index contributed by atoms with van der Waals surface area (Å²) in [5.74, 6) is 0. The largest absolute Gasteiger partial charge is 0.395 e. The number of alkyl halides is 1. The van der Waals surface area contributed by atoms with Gasteiger partial charge >= 0.3 is 0 Å². The third-order valence-electron chi connectivity index (χ3n) is 1.32. The number of halogens is 1. The van der Waals surface area contributed by atoms with Crippen molar-refractivity contribution >= 4 is 0 Å². The minimum atomic E-state index is -1.28. The van der Waals surface area contributed by atoms with Gasteiger partial charge in [0.1, 0.15) is 0 Å². The average molecular weight is 163 g/mol. The van der Waals surface area contributed by atoms with Gasteiger partial charge in [0.05, 0.1) is 13.2 Å². The van der Waals surface area contributed by atoms with Gasteiger partial charge in [0, 0.05) is 13.1 Å². The van der Waals surface area contributed by atoms with Crippen LogP contribution >= 0.6 is 0 Å². The molecule has 0 spiro atoms. The van der Waals surface area contributed by atoms with Gasteiger partial charge in [-0.2, -0.15) is 0 Å². The predicted octanol–water partition coefficient (Wildman–Crippen LogP) is -0.245. The first kappa shape index (κ1) is 10.6. The maximum atomic E-state index is 12.8. The molecule has 1 unspecified atom stereocenters. The van der Waals surface area contributed by atoms with Gasteiger partial charge in [0.15, 0.2) is 6.30 Å². The van der Waals surface area contributed by atoms with E-state index < -0.39 is 6.30 Å². The van der Waals surface area contributed by atoms with Crippen LogP contribution < -0.4 is 0 Å². The Hall–Kier alpha value is -0.450. The Morgan fingerprint density at radius 1 is 1.36 bits per heavy atom. The first-order valence-electron chi connectivity index (χ1n) is 3.48. The molecule has 0 fully saturated rings. The van der Waals surface area contributed by atoms with E-state index in [1.54, 1.807) is 0 Å². The van der Waals surface area contributed by atoms with Crippen LogP contribution in [0.5, 0.6) is 0 Å². The zero-order valence-corrected chi connectivity index (χ0v) is 6.41. The molecular weight excluding hydrogens is 149 g/mol. The summed E-state index contributed by atoms with van der Waals surface area (Å²) in [4.78, 5) is 1.30. The lowest BCUT2D eigenvalue weighted by Crippen LogP contribution is -2.35. The second kappa shape index (κ2) is 6.27. The van der Waals surface area contributed by atoms with Crippen LogP contribution in [-0.2, 0) is 0 Å². The predicted molar refractivity (Wildman–Crippen MR) is 40.8 cm³/mol. The SMILES string of the molecule is C=CC(F)N(CCO)CCO. The van der Waals surface area contributed by atoms with E-state index in [0.29, 0.717) is 0 Å². The molecule has 0 heterocycles. The normalized spacial score (nSPS) is 13.5. The fraction of sp³-hybridized carbons (Fsp3) is 0.714. The minimum Gasteiger partial charge on any atom is -0.395 e. The topological polar surface area (TPSA) is 43.7 Å². The Morgan fingerprint density at radius 2 is 1.82 bits per heavy atom. The highest BCUT2D eigenvalue weighted by Gasteiger charge is 2.11. The van der Waals surface area contributed by atoms with Gasteiger partial charge in [-0.15, -0.1) is 0 Å². The van der Waals surface area contributed by atoms with E-state index in [1.165, 1.54) is 4.90 Å². The highest BCUT2D eigenvalue weighted by atomic mass is 19.1. The Morgan fingerprint density at radius 3 is 2.09 bits per heavy atom. The van der Waals surface area contributed by atoms with Crippen molar-refractivity contribution in [1.82, 2.24) is 4.90 Å². The minimum absolute atomic E-state index is 0.117. The number of hydrogen-bond donors (Lipinski definition) is 2. The summed E-state index contributed by atoms with van der Waals surface area (Å²) in [6.45, 7) is 3.46. The van der Waals surface area contributed by atoms with Crippen LogP contribution in [0.4, 0.5) is 4.39 Å². The molecule has 0 radical (unpaired) electrons. The summed E-state index contributed by atoms with van der Waals surface area (Å²) in [6, 6.07) is 0. The van der Waals surface area contributed by atoms with Crippen molar-refractivity contribution in [2.75, 3.05) is 26.3 Å². The summed E-state index contributed by atoms with van der Waals surface area (Å²) in [5.41, 5.74) is 0. The van der Waals surface area contributed by atoms with E-state index in [1.807, 2.05) is 0 Å². The van der Waals surface area contributed by atoms with Crippen molar-refractivity contribution in [3.8, 4) is 0 Å². The van der Waals surface area contributed by atoms with Crippen LogP contribution in [0.2, 0.25) is 0 Å². The smallest absolute Gasteiger partial charge is 0.172 e. The summed E-state index contributed by atoms with van der Waals surface area (Å²) < 4.78 is 12.8. The average Bonchev–Trinajstić information content (AvgIpc) is 2.03. The van der Waals surface area contributed by atoms with Gasteiger partial charge in [0.25, 0.3) is 0 Å². The molecule has 1 atom stereocenters. The van der Waals surface area contributed by atoms with Crippen LogP contribution in [-0.4, -0.2) is 47.7 Å². The first-order valence-corrected chi connectivity index (χ1v) is 3.48. The van der Waals surface area contributed by atoms with Crippen molar-refractivity contribution in [3.63, 3.8) is 0 Å². The van der Waals surface area contributed by atoms with Crippen LogP contribution in [0.25, 0.3) is 0 Å². The molecule has 0 saturated carbocycles. The summed E-state index contributed by atoms with van der Waals surface area (Å²) in [5, 5.41) is 17.0. The van der Waals surface area contributed by atoms with Gasteiger partial charge < -0.3 is 10.2 Å². The Bertz CT molecular complexity index is 105. The quantitative estimate of drug-likeness (QED) is 0.419. The van der Waals surface area contributed by atoms with Crippen molar-refractivity contribution < 1.29 is 14.6 Å². The summed E-state index contributed by atoms with van der Waals surface area (Å²) in [7, 11) is 0. The zero-order chi connectivity index (χ0) is 8.69. The van der Waals surface area contributed by atoms with E-state index >= 15 is 0 Å². The Labute approximate surface area is 65.8 Å². The number of aliphatic hydroxyl groups is 2. The molecule has 0 saturated heterocycles. The molecule has 3 nitrogen and oxygen atoms in total. The van der Waals surface area contributed by atoms with Crippen LogP contribution in [0.1, 0.15) is 0 Å². The number of hydrogen-bond acceptors (Lipinski definition) is 3. The van der Waals surface area contributed by atoms with Gasteiger partial charge in [0.2, 0.25) is 0 Å². The van der Waals surface area contributed by atoms with Crippen LogP contribution in [0, 0.1) is 0 Å². The molecule has 0 aliphatic carbocycles. The third kappa shape index (κ3) is 4.08. The maximum Gasteiger partial charge on any atom is 0.172 e. The molecule has 2 N–H and O–H groups in total. The van der Waals surface area contributed by atoms with E-state index in [-0.39, 0.29) is 26.3 Å². The zero-order valence-electron chi connectivity index (χ0n) is 6.41. The standard InChI is InChI=1S/C7H14FNO2/c1-2-7(8)9(3-5-10)4-6-11/h2,7,10-11H,1,3-6H2. The second-order valence-electron chi connectivity index (χ2n) is 2.09. The fourth-order valence-corrected chi connectivity index (χ4v) is 0.764. The lowest BCUT2D eigenvalue weighted by molar-refractivity contribution is 0.0779. The van der Waals surface area contributed by atoms with Crippen molar-refractivity contribution in [2.45, 2.75) is 6.30 Å². The lowest BCUT2D eigenvalue weighted by atomic mass is 10.4. The molecule has 11 heavy (non-hydrogen) atoms. The van der Waals surface area contributed by atoms with Crippen LogP contribution in [0.3, 0.4) is 0 Å². The van der Waals surface area contributed by atoms with Gasteiger partial charge in [-0.25, -0.2) is 4.39 Å². The highest BCUT2D eigenvalue weighted by molar-refractivity contribution is 4.79. The van der Waals surface area contributed by atoms with E-state index in [0.717, 1.165) is 6.08 Å². The van der Waals surface area contributed by atoms with Crippen LogP contribution in [0.15, 0.2) is 12.7 Å². The summed E-state index contributed by atoms with van der Waals surface area (Å²) >= 11 is 0. The molecule has 0 bridgehead atoms. The molecule has 0 aromatic carbocycles. The molecule has 0 aromatic rings. The molecule has 0 aliphatic heterocycles. The molecule has 4 heteroatoms. The first-order chi connectivity index (χ1) is 5.26. The van der Waals surface area contributed by atoms with E-state index in [2.05, 4.69) is 6.58 Å². The monoisotopic (exact) mass is 163 g/mol. The Kier molecular flexibility index (Phi) is 6.02. The van der Waals surface area contributed by atoms with Gasteiger partial charge in [-0.3, -0.25) is 4.90 Å². The number of nitrogens with zero attached hydrogens (tertiary/aromatic N) is 1. The molecule has 0 amide bonds. The number of rotatable bonds is 6. The lowest BCUT2D eigenvalue weighted by Gasteiger charge is -2.21. The van der Waals surface area contributed by atoms with E-state index in [9.17, 15) is 4.39 Å². The third-order valence-corrected chi connectivity index (χ3v) is 1.32. The second-order valence-corrected chi connectivity index (χ2v) is 2.09. The van der Waals surface area contributed by atoms with Crippen molar-refractivity contribution in [3.05, 3.63) is 12.7 Å². The highest BCUT2D eigenvalue weighted by Crippen LogP contribution is 2.00. The summed E-state index contributed by atoms with van der Waals surface area (Å²) in [6.07, 6.45) is -0.153. The van der Waals surface area contributed by atoms with Gasteiger partial charge in [-0.05, 0) is 6.08 Å². The van der Waals surface area contributed by atoms with Crippen molar-refractivity contribution in [1.29, 1.82) is 0 Å². The molecule has 0 aromatic heterocycles. The number of aliphatic hydroxyl groups excluding tert-OH is 2. The maximum absolute atomic E-state index is 12.8. The Balaban J connectivity index is 3.75.